The van der Waals surface area contributed by atoms with E-state index in [4.69, 9.17) is 4.98 Å². The van der Waals surface area contributed by atoms with Crippen molar-refractivity contribution >= 4 is 55.5 Å². The van der Waals surface area contributed by atoms with Gasteiger partial charge in [0.15, 0.2) is 0 Å². The van der Waals surface area contributed by atoms with Gasteiger partial charge >= 0.3 is 0 Å². The van der Waals surface area contributed by atoms with Crippen molar-refractivity contribution in [2.75, 3.05) is 0 Å². The third kappa shape index (κ3) is 4.45. The van der Waals surface area contributed by atoms with Crippen LogP contribution in [0.5, 0.6) is 0 Å². The molecule has 0 fully saturated rings. The summed E-state index contributed by atoms with van der Waals surface area (Å²) in [4.78, 5) is 4.98. The van der Waals surface area contributed by atoms with E-state index in [1.54, 1.807) is 5.19 Å². The Kier molecular flexibility index (Phi) is 5.93. The van der Waals surface area contributed by atoms with Crippen LogP contribution in [0.25, 0.3) is 42.2 Å². The maximum absolute atomic E-state index is 4.98. The van der Waals surface area contributed by atoms with Gasteiger partial charge in [0.2, 0.25) is 0 Å². The molecule has 1 nitrogen and oxygen atoms in total. The molecular formula is C32H37NSSi. The van der Waals surface area contributed by atoms with E-state index in [1.165, 1.54) is 47.6 Å². The fourth-order valence-electron chi connectivity index (χ4n) is 5.17. The zero-order chi connectivity index (χ0) is 25.1. The summed E-state index contributed by atoms with van der Waals surface area (Å²) in [6.45, 7) is 19.0. The molecule has 5 rings (SSSR count). The van der Waals surface area contributed by atoms with Crippen LogP contribution >= 0.6 is 11.3 Å². The van der Waals surface area contributed by atoms with Gasteiger partial charge in [-0.1, -0.05) is 95.8 Å². The number of fused-ring (bicyclic) bond motifs is 4. The molecule has 0 saturated heterocycles. The topological polar surface area (TPSA) is 12.9 Å². The van der Waals surface area contributed by atoms with Gasteiger partial charge in [-0.05, 0) is 57.9 Å². The van der Waals surface area contributed by atoms with Crippen molar-refractivity contribution in [2.45, 2.75) is 66.1 Å². The van der Waals surface area contributed by atoms with E-state index in [0.29, 0.717) is 5.92 Å². The number of thiophene rings is 1. The Bertz CT molecular complexity index is 1560. The van der Waals surface area contributed by atoms with Crippen molar-refractivity contribution in [3.63, 3.8) is 0 Å². The predicted molar refractivity (Wildman–Crippen MR) is 160 cm³/mol. The minimum atomic E-state index is -1.44. The van der Waals surface area contributed by atoms with E-state index in [1.807, 2.05) is 17.5 Å². The van der Waals surface area contributed by atoms with E-state index in [-0.39, 0.29) is 5.41 Å². The molecule has 0 bridgehead atoms. The van der Waals surface area contributed by atoms with Crippen LogP contribution in [0.4, 0.5) is 0 Å². The molecule has 0 unspecified atom stereocenters. The average molecular weight is 496 g/mol. The Hall–Kier alpha value is -2.49. The molecule has 0 spiro atoms. The monoisotopic (exact) mass is 495 g/mol. The summed E-state index contributed by atoms with van der Waals surface area (Å²) in [6, 6.07) is 20.7. The smallest absolute Gasteiger partial charge is 0.0880 e. The molecule has 0 amide bonds. The maximum atomic E-state index is 4.98. The van der Waals surface area contributed by atoms with Crippen molar-refractivity contribution in [3.8, 4) is 11.3 Å². The highest BCUT2D eigenvalue weighted by molar-refractivity contribution is 7.26. The summed E-state index contributed by atoms with van der Waals surface area (Å²) < 4.78 is 2.76. The second-order valence-electron chi connectivity index (χ2n) is 12.5. The molecule has 0 aliphatic rings. The summed E-state index contributed by atoms with van der Waals surface area (Å²) in [5.74, 6) is 0.632. The lowest BCUT2D eigenvalue weighted by molar-refractivity contribution is 0.596. The summed E-state index contributed by atoms with van der Waals surface area (Å²) in [6.07, 6.45) is 3.13. The third-order valence-electron chi connectivity index (χ3n) is 7.00. The van der Waals surface area contributed by atoms with Gasteiger partial charge in [-0.2, -0.15) is 0 Å². The molecule has 0 aliphatic carbocycles. The molecule has 5 aromatic rings. The van der Waals surface area contributed by atoms with Gasteiger partial charge in [0.05, 0.1) is 18.5 Å². The van der Waals surface area contributed by atoms with E-state index in [9.17, 15) is 0 Å². The Balaban J connectivity index is 1.83. The lowest BCUT2D eigenvalue weighted by Gasteiger charge is -2.22. The van der Waals surface area contributed by atoms with Gasteiger partial charge in [-0.25, -0.2) is 0 Å². The first-order valence-corrected chi connectivity index (χ1v) is 17.1. The summed E-state index contributed by atoms with van der Waals surface area (Å²) in [5, 5.41) is 6.95. The van der Waals surface area contributed by atoms with Gasteiger partial charge in [0, 0.05) is 27.2 Å². The van der Waals surface area contributed by atoms with Crippen LogP contribution in [-0.2, 0) is 11.8 Å². The van der Waals surface area contributed by atoms with E-state index >= 15 is 0 Å². The van der Waals surface area contributed by atoms with E-state index in [2.05, 4.69) is 109 Å². The van der Waals surface area contributed by atoms with E-state index in [0.717, 1.165) is 12.1 Å². The number of rotatable bonds is 4. The first-order valence-electron chi connectivity index (χ1n) is 12.8. The van der Waals surface area contributed by atoms with Gasteiger partial charge in [-0.15, -0.1) is 11.3 Å². The standard InChI is InChI=1S/C32H37NSSi/c1-20(2)15-23-17-24(35(6,7)8)19-27-26-13-14-33-29(31(26)34-30(23)27)22-16-21-11-9-10-12-25(21)28(18-22)32(3,4)5/h9-14,16-20H,15H2,1-8H3. The molecule has 0 radical (unpaired) electrons. The number of hydrogen-bond acceptors (Lipinski definition) is 2. The minimum absolute atomic E-state index is 0.0559. The number of aromatic nitrogens is 1. The third-order valence-corrected chi connectivity index (χ3v) is 10.3. The Morgan fingerprint density at radius 3 is 2.29 bits per heavy atom. The van der Waals surface area contributed by atoms with E-state index < -0.39 is 8.07 Å². The van der Waals surface area contributed by atoms with Crippen LogP contribution in [0.2, 0.25) is 19.6 Å². The Labute approximate surface area is 215 Å². The molecule has 2 aromatic heterocycles. The van der Waals surface area contributed by atoms with Crippen LogP contribution in [-0.4, -0.2) is 13.1 Å². The molecule has 3 aromatic carbocycles. The minimum Gasteiger partial charge on any atom is -0.255 e. The molecule has 35 heavy (non-hydrogen) atoms. The number of hydrogen-bond donors (Lipinski definition) is 0. The first kappa shape index (κ1) is 24.2. The Morgan fingerprint density at radius 1 is 0.857 bits per heavy atom. The van der Waals surface area contributed by atoms with Crippen molar-refractivity contribution in [1.82, 2.24) is 4.98 Å². The van der Waals surface area contributed by atoms with Crippen LogP contribution < -0.4 is 5.19 Å². The van der Waals surface area contributed by atoms with Crippen LogP contribution in [0, 0.1) is 5.92 Å². The predicted octanol–water partition coefficient (Wildman–Crippen LogP) is 9.31. The average Bonchev–Trinajstić information content (AvgIpc) is 3.16. The van der Waals surface area contributed by atoms with Crippen LogP contribution in [0.1, 0.15) is 45.7 Å². The van der Waals surface area contributed by atoms with Gasteiger partial charge in [0.1, 0.15) is 0 Å². The fraction of sp³-hybridized carbons (Fsp3) is 0.344. The van der Waals surface area contributed by atoms with Crippen molar-refractivity contribution in [3.05, 3.63) is 71.9 Å². The van der Waals surface area contributed by atoms with Crippen molar-refractivity contribution in [1.29, 1.82) is 0 Å². The molecule has 0 saturated carbocycles. The summed E-state index contributed by atoms with van der Waals surface area (Å²) >= 11 is 1.94. The summed E-state index contributed by atoms with van der Waals surface area (Å²) in [5.41, 5.74) is 5.29. The largest absolute Gasteiger partial charge is 0.255 e. The normalized spacial score (nSPS) is 12.9. The number of benzene rings is 3. The lowest BCUT2D eigenvalue weighted by Crippen LogP contribution is -2.37. The second-order valence-corrected chi connectivity index (χ2v) is 18.6. The highest BCUT2D eigenvalue weighted by atomic mass is 32.1. The maximum Gasteiger partial charge on any atom is 0.0880 e. The lowest BCUT2D eigenvalue weighted by atomic mass is 9.82. The molecule has 0 aliphatic heterocycles. The van der Waals surface area contributed by atoms with Gasteiger partial charge in [0.25, 0.3) is 0 Å². The molecular weight excluding hydrogens is 459 g/mol. The molecule has 0 atom stereocenters. The zero-order valence-electron chi connectivity index (χ0n) is 22.4. The van der Waals surface area contributed by atoms with Gasteiger partial charge in [-0.3, -0.25) is 4.98 Å². The van der Waals surface area contributed by atoms with Crippen molar-refractivity contribution in [2.24, 2.45) is 5.92 Å². The van der Waals surface area contributed by atoms with Gasteiger partial charge < -0.3 is 0 Å². The number of nitrogens with zero attached hydrogens (tertiary/aromatic N) is 1. The van der Waals surface area contributed by atoms with Crippen LogP contribution in [0.15, 0.2) is 60.8 Å². The molecule has 3 heteroatoms. The first-order chi connectivity index (χ1) is 16.4. The highest BCUT2D eigenvalue weighted by Crippen LogP contribution is 2.42. The number of pyridine rings is 1. The molecule has 0 N–H and O–H groups in total. The quantitative estimate of drug-likeness (QED) is 0.226. The Morgan fingerprint density at radius 2 is 1.60 bits per heavy atom. The second kappa shape index (κ2) is 8.57. The molecule has 180 valence electrons. The SMILES string of the molecule is CC(C)Cc1cc([Si](C)(C)C)cc2c1sc1c(-c3cc(C(C)(C)C)c4ccccc4c3)nccc12. The molecule has 2 heterocycles. The summed E-state index contributed by atoms with van der Waals surface area (Å²) in [7, 11) is -1.44. The zero-order valence-corrected chi connectivity index (χ0v) is 24.2. The van der Waals surface area contributed by atoms with Crippen LogP contribution in [0.3, 0.4) is 0 Å². The fourth-order valence-corrected chi connectivity index (χ4v) is 7.67. The van der Waals surface area contributed by atoms with Crippen molar-refractivity contribution < 1.29 is 0 Å². The highest BCUT2D eigenvalue weighted by Gasteiger charge is 2.23.